The van der Waals surface area contributed by atoms with Crippen LogP contribution in [0, 0.1) is 5.92 Å². The van der Waals surface area contributed by atoms with E-state index in [2.05, 4.69) is 52.2 Å². The standard InChI is InChI=1S/C33H54O6/c1-6-19-33(34,21-17-26(2)3)27(4)12-11-20-32(5)29(39-31-14-8-10-23-36-31)16-15-28(25-38-32)18-24-37-30-13-7-9-22-35-30/h17-19,27,29-31,34H,1,7-16,20-25H2,2-5H3/t27?,29-,30?,31?,32+,33?/m1/s1. The van der Waals surface area contributed by atoms with E-state index in [1.54, 1.807) is 6.08 Å². The molecule has 3 rings (SSSR count). The predicted octanol–water partition coefficient (Wildman–Crippen LogP) is 7.17. The van der Waals surface area contributed by atoms with Crippen molar-refractivity contribution in [1.82, 2.24) is 0 Å². The molecule has 222 valence electrons. The van der Waals surface area contributed by atoms with Gasteiger partial charge in [0.05, 0.1) is 30.5 Å². The fourth-order valence-corrected chi connectivity index (χ4v) is 5.72. The second-order valence-electron chi connectivity index (χ2n) is 12.2. The van der Waals surface area contributed by atoms with E-state index in [0.29, 0.717) is 19.6 Å². The van der Waals surface area contributed by atoms with Gasteiger partial charge in [-0.15, -0.1) is 5.73 Å². The van der Waals surface area contributed by atoms with Crippen LogP contribution in [0.2, 0.25) is 0 Å². The largest absolute Gasteiger partial charge is 0.385 e. The summed E-state index contributed by atoms with van der Waals surface area (Å²) >= 11 is 0. The van der Waals surface area contributed by atoms with Crippen LogP contribution in [0.4, 0.5) is 0 Å². The van der Waals surface area contributed by atoms with Crippen LogP contribution >= 0.6 is 0 Å². The monoisotopic (exact) mass is 546 g/mol. The third-order valence-electron chi connectivity index (χ3n) is 8.60. The molecule has 6 heteroatoms. The second-order valence-corrected chi connectivity index (χ2v) is 12.2. The van der Waals surface area contributed by atoms with E-state index in [0.717, 1.165) is 77.4 Å². The number of rotatable bonds is 13. The molecule has 3 heterocycles. The highest BCUT2D eigenvalue weighted by Gasteiger charge is 2.40. The third kappa shape index (κ3) is 10.6. The fourth-order valence-electron chi connectivity index (χ4n) is 5.72. The number of hydrogen-bond donors (Lipinski definition) is 1. The van der Waals surface area contributed by atoms with Crippen molar-refractivity contribution < 1.29 is 28.8 Å². The lowest BCUT2D eigenvalue weighted by Crippen LogP contribution is -2.45. The topological polar surface area (TPSA) is 66.4 Å². The van der Waals surface area contributed by atoms with Crippen LogP contribution in [-0.2, 0) is 23.7 Å². The van der Waals surface area contributed by atoms with E-state index >= 15 is 0 Å². The molecule has 39 heavy (non-hydrogen) atoms. The Kier molecular flexibility index (Phi) is 13.5. The molecule has 0 radical (unpaired) electrons. The molecule has 4 unspecified atom stereocenters. The number of ether oxygens (including phenoxy) is 5. The molecule has 6 nitrogen and oxygen atoms in total. The van der Waals surface area contributed by atoms with E-state index in [1.807, 2.05) is 0 Å². The Morgan fingerprint density at radius 1 is 1.15 bits per heavy atom. The van der Waals surface area contributed by atoms with Gasteiger partial charge in [-0.3, -0.25) is 0 Å². The minimum Gasteiger partial charge on any atom is -0.385 e. The predicted molar refractivity (Wildman–Crippen MR) is 155 cm³/mol. The van der Waals surface area contributed by atoms with Gasteiger partial charge >= 0.3 is 0 Å². The SMILES string of the molecule is C=C=CC(O)(CC=C(C)C)C(C)CCC[C@]1(C)OCC(=CCOC2CCCCO2)CC[C@H]1OC1CCCCO1. The van der Waals surface area contributed by atoms with Gasteiger partial charge in [-0.2, -0.15) is 0 Å². The van der Waals surface area contributed by atoms with Crippen LogP contribution in [0.5, 0.6) is 0 Å². The third-order valence-corrected chi connectivity index (χ3v) is 8.60. The summed E-state index contributed by atoms with van der Waals surface area (Å²) in [4.78, 5) is 0. The summed E-state index contributed by atoms with van der Waals surface area (Å²) in [5, 5.41) is 11.4. The smallest absolute Gasteiger partial charge is 0.158 e. The molecule has 0 spiro atoms. The first-order chi connectivity index (χ1) is 18.7. The molecule has 3 aliphatic heterocycles. The van der Waals surface area contributed by atoms with Gasteiger partial charge in [0.2, 0.25) is 0 Å². The molecule has 3 aliphatic rings. The van der Waals surface area contributed by atoms with Crippen molar-refractivity contribution in [1.29, 1.82) is 0 Å². The molecular formula is C33H54O6. The minimum absolute atomic E-state index is 0.0537. The van der Waals surface area contributed by atoms with Crippen molar-refractivity contribution in [3.05, 3.63) is 41.7 Å². The maximum absolute atomic E-state index is 11.4. The summed E-state index contributed by atoms with van der Waals surface area (Å²) in [7, 11) is 0. The summed E-state index contributed by atoms with van der Waals surface area (Å²) in [5.74, 6) is 0.0624. The molecule has 0 saturated carbocycles. The zero-order chi connectivity index (χ0) is 28.1. The van der Waals surface area contributed by atoms with Crippen molar-refractivity contribution in [3.8, 4) is 0 Å². The molecule has 0 amide bonds. The molecule has 0 aliphatic carbocycles. The Balaban J connectivity index is 1.62. The quantitative estimate of drug-likeness (QED) is 0.195. The van der Waals surface area contributed by atoms with Crippen molar-refractivity contribution in [2.24, 2.45) is 5.92 Å². The lowest BCUT2D eigenvalue weighted by atomic mass is 9.80. The summed E-state index contributed by atoms with van der Waals surface area (Å²) in [6.45, 7) is 14.8. The molecule has 1 N–H and O–H groups in total. The number of hydrogen-bond acceptors (Lipinski definition) is 6. The van der Waals surface area contributed by atoms with Crippen molar-refractivity contribution >= 4 is 0 Å². The first kappa shape index (κ1) is 32.3. The lowest BCUT2D eigenvalue weighted by Gasteiger charge is -2.39. The van der Waals surface area contributed by atoms with E-state index in [9.17, 15) is 5.11 Å². The molecule has 0 aromatic rings. The Labute approximate surface area is 237 Å². The van der Waals surface area contributed by atoms with Crippen LogP contribution in [0.1, 0.15) is 105 Å². The Hall–Kier alpha value is -1.24. The Bertz CT molecular complexity index is 829. The zero-order valence-electron chi connectivity index (χ0n) is 25.1. The van der Waals surface area contributed by atoms with Gasteiger partial charge in [-0.05, 0) is 109 Å². The van der Waals surface area contributed by atoms with Gasteiger partial charge in [-0.25, -0.2) is 0 Å². The first-order valence-corrected chi connectivity index (χ1v) is 15.3. The lowest BCUT2D eigenvalue weighted by molar-refractivity contribution is -0.232. The highest BCUT2D eigenvalue weighted by molar-refractivity contribution is 5.09. The van der Waals surface area contributed by atoms with E-state index in [4.69, 9.17) is 23.7 Å². The maximum Gasteiger partial charge on any atom is 0.158 e. The van der Waals surface area contributed by atoms with Crippen molar-refractivity contribution in [2.45, 2.75) is 135 Å². The normalized spacial score (nSPS) is 31.5. The molecule has 0 aromatic heterocycles. The first-order valence-electron chi connectivity index (χ1n) is 15.3. The van der Waals surface area contributed by atoms with Crippen LogP contribution in [-0.4, -0.2) is 61.4 Å². The van der Waals surface area contributed by atoms with Gasteiger partial charge in [0.15, 0.2) is 12.6 Å². The maximum atomic E-state index is 11.4. The highest BCUT2D eigenvalue weighted by Crippen LogP contribution is 2.37. The van der Waals surface area contributed by atoms with Crippen LogP contribution in [0.15, 0.2) is 41.7 Å². The molecule has 6 atom stereocenters. The van der Waals surface area contributed by atoms with Gasteiger partial charge in [-0.1, -0.05) is 37.6 Å². The van der Waals surface area contributed by atoms with Crippen LogP contribution in [0.3, 0.4) is 0 Å². The van der Waals surface area contributed by atoms with E-state index in [-0.39, 0.29) is 24.6 Å². The van der Waals surface area contributed by atoms with Gasteiger partial charge < -0.3 is 28.8 Å². The fraction of sp³-hybridized carbons (Fsp3) is 0.788. The molecular weight excluding hydrogens is 492 g/mol. The van der Waals surface area contributed by atoms with Crippen molar-refractivity contribution in [2.75, 3.05) is 26.4 Å². The number of allylic oxidation sites excluding steroid dienone is 1. The zero-order valence-corrected chi connectivity index (χ0v) is 25.1. The summed E-state index contributed by atoms with van der Waals surface area (Å²) in [6, 6.07) is 0. The average molecular weight is 547 g/mol. The summed E-state index contributed by atoms with van der Waals surface area (Å²) in [6.07, 6.45) is 17.2. The van der Waals surface area contributed by atoms with Crippen molar-refractivity contribution in [3.63, 3.8) is 0 Å². The molecule has 3 fully saturated rings. The molecule has 0 bridgehead atoms. The summed E-state index contributed by atoms with van der Waals surface area (Å²) in [5.41, 5.74) is 3.90. The number of aliphatic hydroxyl groups is 1. The van der Waals surface area contributed by atoms with Gasteiger partial charge in [0.25, 0.3) is 0 Å². The minimum atomic E-state index is -0.950. The Morgan fingerprint density at radius 3 is 2.51 bits per heavy atom. The van der Waals surface area contributed by atoms with Crippen LogP contribution < -0.4 is 0 Å². The van der Waals surface area contributed by atoms with E-state index < -0.39 is 11.2 Å². The Morgan fingerprint density at radius 2 is 1.87 bits per heavy atom. The van der Waals surface area contributed by atoms with Crippen LogP contribution in [0.25, 0.3) is 0 Å². The molecule has 3 saturated heterocycles. The second kappa shape index (κ2) is 16.3. The van der Waals surface area contributed by atoms with E-state index in [1.165, 1.54) is 17.6 Å². The average Bonchev–Trinajstić information content (AvgIpc) is 3.08. The van der Waals surface area contributed by atoms with Gasteiger partial charge in [0.1, 0.15) is 0 Å². The van der Waals surface area contributed by atoms with Gasteiger partial charge in [0, 0.05) is 13.2 Å². The summed E-state index contributed by atoms with van der Waals surface area (Å²) < 4.78 is 30.9. The highest BCUT2D eigenvalue weighted by atomic mass is 16.7. The molecule has 0 aromatic carbocycles.